The fourth-order valence-corrected chi connectivity index (χ4v) is 8.52. The molecule has 3 aromatic rings. The minimum absolute atomic E-state index is 0.00490. The van der Waals surface area contributed by atoms with Gasteiger partial charge >= 0.3 is 10.1 Å². The Labute approximate surface area is 248 Å². The predicted octanol–water partition coefficient (Wildman–Crippen LogP) is 5.63. The number of aryl methyl sites for hydroxylation is 2. The molecule has 2 aliphatic rings. The first-order chi connectivity index (χ1) is 20.0. The van der Waals surface area contributed by atoms with Crippen LogP contribution in [0.2, 0.25) is 0 Å². The van der Waals surface area contributed by atoms with Crippen LogP contribution in [-0.4, -0.2) is 40.0 Å². The van der Waals surface area contributed by atoms with Crippen molar-refractivity contribution in [3.05, 3.63) is 101 Å². The molecule has 7 nitrogen and oxygen atoms in total. The van der Waals surface area contributed by atoms with Crippen LogP contribution in [0.3, 0.4) is 0 Å². The lowest BCUT2D eigenvalue weighted by Gasteiger charge is -2.43. The second kappa shape index (κ2) is 11.5. The molecule has 0 N–H and O–H groups in total. The van der Waals surface area contributed by atoms with Crippen molar-refractivity contribution in [2.24, 2.45) is 5.41 Å². The number of allylic oxidation sites excluding steroid dienone is 2. The van der Waals surface area contributed by atoms with Crippen molar-refractivity contribution in [1.82, 2.24) is 4.31 Å². The zero-order valence-electron chi connectivity index (χ0n) is 23.9. The lowest BCUT2D eigenvalue weighted by molar-refractivity contribution is -0.117. The van der Waals surface area contributed by atoms with Crippen molar-refractivity contribution in [1.29, 1.82) is 0 Å². The van der Waals surface area contributed by atoms with Gasteiger partial charge in [-0.25, -0.2) is 8.42 Å². The van der Waals surface area contributed by atoms with E-state index in [0.29, 0.717) is 18.4 Å². The number of Topliss-reactive ketones (excluding diaryl/α,β-unsaturated/α-hetero) is 1. The molecule has 0 unspecified atom stereocenters. The Morgan fingerprint density at radius 1 is 0.810 bits per heavy atom. The maximum Gasteiger partial charge on any atom is 0.338 e. The van der Waals surface area contributed by atoms with Crippen molar-refractivity contribution in [3.8, 4) is 11.8 Å². The Kier molecular flexibility index (Phi) is 8.17. The molecule has 0 saturated carbocycles. The fraction of sp³-hybridized carbons (Fsp3) is 0.303. The third kappa shape index (κ3) is 5.80. The van der Waals surface area contributed by atoms with E-state index in [1.165, 1.54) is 16.4 Å². The number of carbonyl (C=O) groups excluding carboxylic acids is 1. The molecular weight excluding hydrogens is 570 g/mol. The van der Waals surface area contributed by atoms with Gasteiger partial charge in [0, 0.05) is 31.5 Å². The van der Waals surface area contributed by atoms with Gasteiger partial charge in [-0.15, -0.1) is 5.92 Å². The van der Waals surface area contributed by atoms with Crippen LogP contribution in [0.1, 0.15) is 54.9 Å². The Morgan fingerprint density at radius 2 is 1.36 bits per heavy atom. The maximum atomic E-state index is 14.0. The summed E-state index contributed by atoms with van der Waals surface area (Å²) in [6, 6.07) is 19.9. The normalized spacial score (nSPS) is 17.5. The highest BCUT2D eigenvalue weighted by molar-refractivity contribution is 7.89. The molecule has 1 aliphatic carbocycles. The highest BCUT2D eigenvalue weighted by atomic mass is 32.2. The number of sulfonamides is 1. The molecule has 3 aromatic carbocycles. The Balaban J connectivity index is 1.54. The van der Waals surface area contributed by atoms with Gasteiger partial charge < -0.3 is 4.18 Å². The lowest BCUT2D eigenvalue weighted by Crippen LogP contribution is -2.45. The minimum Gasteiger partial charge on any atom is -0.383 e. The topological polar surface area (TPSA) is 97.8 Å². The molecule has 0 atom stereocenters. The monoisotopic (exact) mass is 603 g/mol. The van der Waals surface area contributed by atoms with E-state index in [4.69, 9.17) is 4.18 Å². The maximum absolute atomic E-state index is 14.0. The first-order valence-corrected chi connectivity index (χ1v) is 16.7. The largest absolute Gasteiger partial charge is 0.383 e. The molecule has 0 aromatic heterocycles. The number of hydrogen-bond donors (Lipinski definition) is 0. The van der Waals surface area contributed by atoms with E-state index in [9.17, 15) is 21.6 Å². The van der Waals surface area contributed by atoms with E-state index in [1.807, 2.05) is 26.0 Å². The molecule has 1 saturated heterocycles. The van der Waals surface area contributed by atoms with Crippen molar-refractivity contribution >= 4 is 31.5 Å². The highest BCUT2D eigenvalue weighted by Gasteiger charge is 2.46. The van der Waals surface area contributed by atoms with Crippen LogP contribution >= 0.6 is 0 Å². The molecule has 9 heteroatoms. The summed E-state index contributed by atoms with van der Waals surface area (Å²) in [7, 11) is -7.92. The van der Waals surface area contributed by atoms with Gasteiger partial charge in [-0.2, -0.15) is 12.7 Å². The summed E-state index contributed by atoms with van der Waals surface area (Å²) in [5.41, 5.74) is 2.70. The first-order valence-electron chi connectivity index (χ1n) is 13.8. The van der Waals surface area contributed by atoms with Crippen LogP contribution in [0, 0.1) is 31.1 Å². The van der Waals surface area contributed by atoms with E-state index >= 15 is 0 Å². The average molecular weight is 604 g/mol. The van der Waals surface area contributed by atoms with Gasteiger partial charge in [0.25, 0.3) is 0 Å². The van der Waals surface area contributed by atoms with E-state index in [-0.39, 0.29) is 52.8 Å². The lowest BCUT2D eigenvalue weighted by atomic mass is 9.67. The summed E-state index contributed by atoms with van der Waals surface area (Å²) in [6.45, 7) is 5.96. The average Bonchev–Trinajstić information content (AvgIpc) is 2.95. The van der Waals surface area contributed by atoms with Crippen molar-refractivity contribution in [2.45, 2.75) is 56.2 Å². The molecule has 218 valence electrons. The third-order valence-corrected chi connectivity index (χ3v) is 11.3. The third-order valence-electron chi connectivity index (χ3n) is 8.09. The summed E-state index contributed by atoms with van der Waals surface area (Å²) in [5.74, 6) is 5.83. The number of ketones is 1. The zero-order valence-corrected chi connectivity index (χ0v) is 25.5. The van der Waals surface area contributed by atoms with Gasteiger partial charge in [-0.3, -0.25) is 4.79 Å². The Morgan fingerprint density at radius 3 is 1.90 bits per heavy atom. The van der Waals surface area contributed by atoms with Gasteiger partial charge in [-0.1, -0.05) is 42.3 Å². The molecule has 0 radical (unpaired) electrons. The Bertz CT molecular complexity index is 1800. The Hall–Kier alpha value is -3.71. The second-order valence-corrected chi connectivity index (χ2v) is 14.5. The van der Waals surface area contributed by atoms with Crippen LogP contribution in [0.25, 0.3) is 5.57 Å². The summed E-state index contributed by atoms with van der Waals surface area (Å²) >= 11 is 0. The van der Waals surface area contributed by atoms with Crippen LogP contribution in [-0.2, 0) is 29.1 Å². The van der Waals surface area contributed by atoms with Gasteiger partial charge in [-0.05, 0) is 92.1 Å². The molecule has 1 fully saturated rings. The highest BCUT2D eigenvalue weighted by Crippen LogP contribution is 2.49. The standard InChI is InChI=1S/C33H33NO6S2/c1-4-11-26-20-24(2)31(25(3)21-26)32-29(35)22-33(23-30(32)40-42(38,39)28-14-9-6-10-15-28)16-18-34(19-17-33)41(36,37)27-12-7-5-8-13-27/h5-10,12-15,20-21H,16-19,22-23H2,1-3H3. The first kappa shape index (κ1) is 29.8. The summed E-state index contributed by atoms with van der Waals surface area (Å²) in [6.07, 6.45) is 1.18. The van der Waals surface area contributed by atoms with Crippen LogP contribution in [0.5, 0.6) is 0 Å². The molecule has 1 heterocycles. The molecular formula is C33H33NO6S2. The fourth-order valence-electron chi connectivity index (χ4n) is 6.06. The molecule has 0 amide bonds. The van der Waals surface area contributed by atoms with Crippen LogP contribution < -0.4 is 0 Å². The smallest absolute Gasteiger partial charge is 0.338 e. The molecule has 1 spiro atoms. The zero-order chi connectivity index (χ0) is 30.1. The van der Waals surface area contributed by atoms with Gasteiger partial charge in [0.1, 0.15) is 10.7 Å². The minimum atomic E-state index is -4.23. The molecule has 5 rings (SSSR count). The van der Waals surface area contributed by atoms with Crippen molar-refractivity contribution in [2.75, 3.05) is 13.1 Å². The van der Waals surface area contributed by atoms with E-state index in [2.05, 4.69) is 11.8 Å². The van der Waals surface area contributed by atoms with Crippen molar-refractivity contribution in [3.63, 3.8) is 0 Å². The summed E-state index contributed by atoms with van der Waals surface area (Å²) in [5, 5.41) is 0. The number of benzene rings is 3. The van der Waals surface area contributed by atoms with E-state index in [0.717, 1.165) is 16.7 Å². The van der Waals surface area contributed by atoms with Crippen LogP contribution in [0.4, 0.5) is 0 Å². The van der Waals surface area contributed by atoms with Crippen molar-refractivity contribution < 1.29 is 25.8 Å². The quantitative estimate of drug-likeness (QED) is 0.268. The molecule has 1 aliphatic heterocycles. The SMILES string of the molecule is CC#Cc1cc(C)c(C2=C(OS(=O)(=O)c3ccccc3)CC3(CCN(S(=O)(=O)c4ccccc4)CC3)CC2=O)c(C)c1. The summed E-state index contributed by atoms with van der Waals surface area (Å²) in [4.78, 5) is 14.2. The summed E-state index contributed by atoms with van der Waals surface area (Å²) < 4.78 is 60.7. The van der Waals surface area contributed by atoms with Gasteiger partial charge in [0.2, 0.25) is 10.0 Å². The molecule has 42 heavy (non-hydrogen) atoms. The van der Waals surface area contributed by atoms with E-state index < -0.39 is 25.6 Å². The number of rotatable bonds is 6. The number of nitrogens with zero attached hydrogens (tertiary/aromatic N) is 1. The second-order valence-electron chi connectivity index (χ2n) is 11.0. The number of carbonyl (C=O) groups is 1. The van der Waals surface area contributed by atoms with Gasteiger partial charge in [0.15, 0.2) is 5.78 Å². The molecule has 0 bridgehead atoms. The van der Waals surface area contributed by atoms with Gasteiger partial charge in [0.05, 0.1) is 10.5 Å². The predicted molar refractivity (Wildman–Crippen MR) is 161 cm³/mol. The van der Waals surface area contributed by atoms with Crippen LogP contribution in [0.15, 0.2) is 88.3 Å². The number of piperidine rings is 1. The number of hydrogen-bond acceptors (Lipinski definition) is 6. The van der Waals surface area contributed by atoms with E-state index in [1.54, 1.807) is 55.5 Å².